The molecule has 2 amide bonds. The maximum absolute atomic E-state index is 12.7. The van der Waals surface area contributed by atoms with Crippen LogP contribution in [0.3, 0.4) is 0 Å². The zero-order valence-electron chi connectivity index (χ0n) is 15.4. The third-order valence-corrected chi connectivity index (χ3v) is 5.84. The fourth-order valence-electron chi connectivity index (χ4n) is 3.45. The molecule has 1 unspecified atom stereocenters. The average Bonchev–Trinajstić information content (AvgIpc) is 3.19. The molecule has 0 aliphatic carbocycles. The Labute approximate surface area is 157 Å². The first-order valence-corrected chi connectivity index (χ1v) is 9.70. The molecule has 1 aromatic heterocycles. The van der Waals surface area contributed by atoms with Crippen molar-refractivity contribution in [2.75, 3.05) is 13.1 Å². The molecule has 8 nitrogen and oxygen atoms in total. The first-order chi connectivity index (χ1) is 12.4. The van der Waals surface area contributed by atoms with E-state index >= 15 is 0 Å². The van der Waals surface area contributed by atoms with Crippen molar-refractivity contribution in [1.29, 1.82) is 0 Å². The van der Waals surface area contributed by atoms with E-state index in [0.717, 1.165) is 29.1 Å². The van der Waals surface area contributed by atoms with Crippen LogP contribution in [-0.4, -0.2) is 50.7 Å². The van der Waals surface area contributed by atoms with Crippen molar-refractivity contribution in [2.45, 2.75) is 58.6 Å². The zero-order chi connectivity index (χ0) is 18.7. The van der Waals surface area contributed by atoms with Crippen molar-refractivity contribution in [2.24, 2.45) is 11.1 Å². The number of amides is 2. The third-order valence-electron chi connectivity index (χ3n) is 5.02. The molecule has 0 saturated carbocycles. The molecule has 0 spiro atoms. The SMILES string of the molecule is CC1=NOC(C)(C(=O)N2CCC(CC(=O)NCc3snnc3C)CC2)C1. The largest absolute Gasteiger partial charge is 0.379 e. The molecule has 0 bridgehead atoms. The van der Waals surface area contributed by atoms with Crippen molar-refractivity contribution in [3.05, 3.63) is 10.6 Å². The molecule has 9 heteroatoms. The van der Waals surface area contributed by atoms with Crippen LogP contribution in [0.4, 0.5) is 0 Å². The smallest absolute Gasteiger partial charge is 0.269 e. The highest BCUT2D eigenvalue weighted by atomic mass is 32.1. The lowest BCUT2D eigenvalue weighted by Gasteiger charge is -2.35. The van der Waals surface area contributed by atoms with Gasteiger partial charge < -0.3 is 15.1 Å². The molecule has 1 saturated heterocycles. The zero-order valence-corrected chi connectivity index (χ0v) is 16.3. The van der Waals surface area contributed by atoms with E-state index in [0.29, 0.717) is 38.4 Å². The lowest BCUT2D eigenvalue weighted by Crippen LogP contribution is -2.50. The van der Waals surface area contributed by atoms with E-state index in [1.165, 1.54) is 11.5 Å². The Hall–Kier alpha value is -2.03. The Morgan fingerprint density at radius 3 is 2.65 bits per heavy atom. The van der Waals surface area contributed by atoms with Gasteiger partial charge in [-0.1, -0.05) is 9.64 Å². The van der Waals surface area contributed by atoms with Crippen molar-refractivity contribution >= 4 is 29.1 Å². The molecule has 3 heterocycles. The molecule has 3 rings (SSSR count). The number of oxime groups is 1. The van der Waals surface area contributed by atoms with Crippen LogP contribution < -0.4 is 5.32 Å². The van der Waals surface area contributed by atoms with E-state index < -0.39 is 5.60 Å². The quantitative estimate of drug-likeness (QED) is 0.839. The van der Waals surface area contributed by atoms with Crippen LogP contribution in [0.5, 0.6) is 0 Å². The number of nitrogens with one attached hydrogen (secondary N) is 1. The van der Waals surface area contributed by atoms with Crippen LogP contribution in [-0.2, 0) is 21.0 Å². The molecule has 1 fully saturated rings. The molecular formula is C17H25N5O3S. The van der Waals surface area contributed by atoms with Crippen molar-refractivity contribution < 1.29 is 14.4 Å². The number of rotatable bonds is 5. The van der Waals surface area contributed by atoms with Gasteiger partial charge in [0, 0.05) is 25.9 Å². The Kier molecular flexibility index (Phi) is 5.55. The summed E-state index contributed by atoms with van der Waals surface area (Å²) in [4.78, 5) is 33.1. The van der Waals surface area contributed by atoms with E-state index in [-0.39, 0.29) is 11.8 Å². The van der Waals surface area contributed by atoms with Crippen LogP contribution in [0, 0.1) is 12.8 Å². The summed E-state index contributed by atoms with van der Waals surface area (Å²) in [5, 5.41) is 10.8. The summed E-state index contributed by atoms with van der Waals surface area (Å²) in [6, 6.07) is 0. The van der Waals surface area contributed by atoms with Crippen LogP contribution in [0.1, 0.15) is 50.1 Å². The number of nitrogens with zero attached hydrogens (tertiary/aromatic N) is 4. The van der Waals surface area contributed by atoms with E-state index in [9.17, 15) is 9.59 Å². The van der Waals surface area contributed by atoms with Gasteiger partial charge >= 0.3 is 0 Å². The lowest BCUT2D eigenvalue weighted by molar-refractivity contribution is -0.154. The predicted octanol–water partition coefficient (Wildman–Crippen LogP) is 1.65. The normalized spacial score (nSPS) is 23.5. The Morgan fingerprint density at radius 1 is 1.35 bits per heavy atom. The second-order valence-electron chi connectivity index (χ2n) is 7.32. The molecule has 1 atom stereocenters. The third kappa shape index (κ3) is 4.20. The second kappa shape index (κ2) is 7.69. The monoisotopic (exact) mass is 379 g/mol. The molecule has 2 aliphatic rings. The highest BCUT2D eigenvalue weighted by molar-refractivity contribution is 7.05. The first kappa shape index (κ1) is 18.8. The standard InChI is InChI=1S/C17H25N5O3S/c1-11-9-17(3,25-20-11)16(24)22-6-4-13(5-7-22)8-15(23)18-10-14-12(2)19-21-26-14/h13H,4-10H2,1-3H3,(H,18,23). The van der Waals surface area contributed by atoms with Gasteiger partial charge in [0.1, 0.15) is 0 Å². The summed E-state index contributed by atoms with van der Waals surface area (Å²) in [5.74, 6) is 0.335. The van der Waals surface area contributed by atoms with Gasteiger partial charge in [0.15, 0.2) is 0 Å². The number of hydrogen-bond acceptors (Lipinski definition) is 7. The van der Waals surface area contributed by atoms with E-state index in [1.54, 1.807) is 6.92 Å². The van der Waals surface area contributed by atoms with Gasteiger partial charge in [-0.25, -0.2) is 0 Å². The maximum Gasteiger partial charge on any atom is 0.269 e. The first-order valence-electron chi connectivity index (χ1n) is 8.93. The van der Waals surface area contributed by atoms with Gasteiger partial charge in [0.2, 0.25) is 11.5 Å². The fourth-order valence-corrected chi connectivity index (χ4v) is 4.02. The van der Waals surface area contributed by atoms with E-state index in [4.69, 9.17) is 4.84 Å². The minimum Gasteiger partial charge on any atom is -0.379 e. The molecule has 26 heavy (non-hydrogen) atoms. The van der Waals surface area contributed by atoms with E-state index in [2.05, 4.69) is 20.1 Å². The van der Waals surface area contributed by atoms with Crippen LogP contribution in [0.2, 0.25) is 0 Å². The summed E-state index contributed by atoms with van der Waals surface area (Å²) in [6.45, 7) is 7.35. The molecule has 0 aromatic carbocycles. The number of aromatic nitrogens is 2. The van der Waals surface area contributed by atoms with Crippen molar-refractivity contribution in [1.82, 2.24) is 19.8 Å². The molecular weight excluding hydrogens is 354 g/mol. The van der Waals surface area contributed by atoms with Crippen LogP contribution in [0.25, 0.3) is 0 Å². The summed E-state index contributed by atoms with van der Waals surface area (Å²) < 4.78 is 3.87. The van der Waals surface area contributed by atoms with Crippen LogP contribution in [0.15, 0.2) is 5.16 Å². The minimum atomic E-state index is -0.866. The van der Waals surface area contributed by atoms with Crippen molar-refractivity contribution in [3.63, 3.8) is 0 Å². The summed E-state index contributed by atoms with van der Waals surface area (Å²) in [7, 11) is 0. The number of piperidine rings is 1. The minimum absolute atomic E-state index is 0.00540. The molecule has 1 aromatic rings. The number of carbonyl (C=O) groups excluding carboxylic acids is 2. The molecule has 2 aliphatic heterocycles. The van der Waals surface area contributed by atoms with Gasteiger partial charge in [0.25, 0.3) is 5.91 Å². The molecule has 142 valence electrons. The van der Waals surface area contributed by atoms with Gasteiger partial charge in [0.05, 0.1) is 22.8 Å². The van der Waals surface area contributed by atoms with Gasteiger partial charge in [-0.2, -0.15) is 0 Å². The molecule has 1 N–H and O–H groups in total. The number of carbonyl (C=O) groups is 2. The van der Waals surface area contributed by atoms with Gasteiger partial charge in [-0.3, -0.25) is 9.59 Å². The number of aryl methyl sites for hydroxylation is 1. The fraction of sp³-hybridized carbons (Fsp3) is 0.706. The second-order valence-corrected chi connectivity index (χ2v) is 8.16. The Bertz CT molecular complexity index is 711. The van der Waals surface area contributed by atoms with E-state index in [1.807, 2.05) is 18.7 Å². The average molecular weight is 379 g/mol. The van der Waals surface area contributed by atoms with Gasteiger partial charge in [-0.15, -0.1) is 5.10 Å². The summed E-state index contributed by atoms with van der Waals surface area (Å²) in [6.07, 6.45) is 2.69. The Balaban J connectivity index is 1.41. The number of hydrogen-bond donors (Lipinski definition) is 1. The topological polar surface area (TPSA) is 96.8 Å². The Morgan fingerprint density at radius 2 is 2.08 bits per heavy atom. The van der Waals surface area contributed by atoms with Crippen molar-refractivity contribution in [3.8, 4) is 0 Å². The maximum atomic E-state index is 12.7. The summed E-state index contributed by atoms with van der Waals surface area (Å²) in [5.41, 5.74) is 0.845. The predicted molar refractivity (Wildman–Crippen MR) is 97.6 cm³/mol. The lowest BCUT2D eigenvalue weighted by atomic mass is 9.91. The summed E-state index contributed by atoms with van der Waals surface area (Å²) >= 11 is 1.31. The molecule has 0 radical (unpaired) electrons. The highest BCUT2D eigenvalue weighted by Gasteiger charge is 2.44. The number of likely N-dealkylation sites (tertiary alicyclic amines) is 1. The highest BCUT2D eigenvalue weighted by Crippen LogP contribution is 2.29. The van der Waals surface area contributed by atoms with Gasteiger partial charge in [-0.05, 0) is 51.1 Å². The van der Waals surface area contributed by atoms with Crippen LogP contribution >= 0.6 is 11.5 Å².